The first-order chi connectivity index (χ1) is 31.6. The summed E-state index contributed by atoms with van der Waals surface area (Å²) in [6.45, 7) is 16.6. The van der Waals surface area contributed by atoms with Gasteiger partial charge in [-0.1, -0.05) is 80.2 Å². The van der Waals surface area contributed by atoms with Crippen molar-refractivity contribution in [2.75, 3.05) is 31.6 Å². The van der Waals surface area contributed by atoms with E-state index in [1.54, 1.807) is 11.1 Å². The van der Waals surface area contributed by atoms with Crippen LogP contribution in [0, 0.1) is 54.3 Å². The lowest BCUT2D eigenvalue weighted by Gasteiger charge is -2.73. The number of nitrogens with zero attached hydrogens (tertiary/aromatic N) is 5. The number of nitrogens with one attached hydrogen (secondary N) is 1. The van der Waals surface area contributed by atoms with Crippen LogP contribution in [0.5, 0.6) is 5.75 Å². The minimum Gasteiger partial charge on any atom is -0.508 e. The van der Waals surface area contributed by atoms with Gasteiger partial charge in [0, 0.05) is 76.7 Å². The third-order valence-electron chi connectivity index (χ3n) is 21.6. The molecule has 0 amide bonds. The summed E-state index contributed by atoms with van der Waals surface area (Å²) in [7, 11) is 2.36. The van der Waals surface area contributed by atoms with Gasteiger partial charge in [-0.3, -0.25) is 4.90 Å². The Kier molecular flexibility index (Phi) is 8.50. The summed E-state index contributed by atoms with van der Waals surface area (Å²) in [5.74, 6) is 4.87. The van der Waals surface area contributed by atoms with Gasteiger partial charge in [-0.2, -0.15) is 0 Å². The number of aromatic nitrogens is 2. The number of allylic oxidation sites excluding steroid dienone is 1. The number of hydrogen-bond donors (Lipinski definition) is 2. The van der Waals surface area contributed by atoms with Crippen molar-refractivity contribution < 1.29 is 5.11 Å². The van der Waals surface area contributed by atoms with E-state index in [2.05, 4.69) is 115 Å². The third-order valence-corrected chi connectivity index (χ3v) is 21.6. The van der Waals surface area contributed by atoms with E-state index >= 15 is 0 Å². The Bertz CT molecular complexity index is 2610. The largest absolute Gasteiger partial charge is 0.508 e. The average molecular weight is 867 g/mol. The molecule has 14 atom stereocenters. The highest BCUT2D eigenvalue weighted by Crippen LogP contribution is 2.78. The van der Waals surface area contributed by atoms with Crippen molar-refractivity contribution in [1.29, 1.82) is 0 Å². The second-order valence-electron chi connectivity index (χ2n) is 23.8. The van der Waals surface area contributed by atoms with Gasteiger partial charge < -0.3 is 20.2 Å². The van der Waals surface area contributed by atoms with Crippen LogP contribution in [0.25, 0.3) is 0 Å². The van der Waals surface area contributed by atoms with Crippen LogP contribution in [-0.2, 0) is 30.2 Å². The SMILES string of the molecule is C=C1[C@H]2CC34CCC(C2C32CCN(C)[C@@H]4Cc3cccc(O)c32)N1c1nc(C)c(C2CC2CN2CCC34c5ccccc5CC2C32CCC(NCc3ccccc3)C4C[C@@H](C)C2)c(C)n1. The number of fused-ring (bicyclic) bond motifs is 2. The number of likely N-dealkylation sites (tertiary alicyclic amines) is 2. The fourth-order valence-electron chi connectivity index (χ4n) is 19.7. The first-order valence-corrected chi connectivity index (χ1v) is 26.0. The monoisotopic (exact) mass is 867 g/mol. The van der Waals surface area contributed by atoms with Crippen molar-refractivity contribution in [2.45, 2.75) is 145 Å². The first kappa shape index (κ1) is 40.1. The number of aromatic hydroxyl groups is 1. The average Bonchev–Trinajstić information content (AvgIpc) is 3.92. The molecular formula is C58H70N6O. The lowest BCUT2D eigenvalue weighted by molar-refractivity contribution is -0.169. The van der Waals surface area contributed by atoms with Gasteiger partial charge in [0.1, 0.15) is 5.75 Å². The van der Waals surface area contributed by atoms with Gasteiger partial charge >= 0.3 is 0 Å². The smallest absolute Gasteiger partial charge is 0.230 e. The Morgan fingerprint density at radius 3 is 2.37 bits per heavy atom. The van der Waals surface area contributed by atoms with Gasteiger partial charge in [-0.05, 0) is 185 Å². The predicted molar refractivity (Wildman–Crippen MR) is 258 cm³/mol. The number of phenolic OH excluding ortho intramolecular Hbond substituents is 1. The van der Waals surface area contributed by atoms with Gasteiger partial charge in [-0.25, -0.2) is 9.97 Å². The fourth-order valence-corrected chi connectivity index (χ4v) is 19.7. The first-order valence-electron chi connectivity index (χ1n) is 26.0. The minimum atomic E-state index is -0.0249. The molecule has 65 heavy (non-hydrogen) atoms. The van der Waals surface area contributed by atoms with Crippen molar-refractivity contribution in [1.82, 2.24) is 25.1 Å². The summed E-state index contributed by atoms with van der Waals surface area (Å²) >= 11 is 0. The predicted octanol–water partition coefficient (Wildman–Crippen LogP) is 9.77. The maximum Gasteiger partial charge on any atom is 0.230 e. The molecule has 1 aromatic heterocycles. The molecule has 11 unspecified atom stereocenters. The van der Waals surface area contributed by atoms with E-state index < -0.39 is 0 Å². The number of hydrogen-bond acceptors (Lipinski definition) is 7. The minimum absolute atomic E-state index is 0.0249. The van der Waals surface area contributed by atoms with E-state index in [9.17, 15) is 5.11 Å². The van der Waals surface area contributed by atoms with Crippen molar-refractivity contribution >= 4 is 5.95 Å². The molecule has 4 aromatic rings. The number of rotatable bonds is 7. The Labute approximate surface area is 387 Å². The maximum atomic E-state index is 11.7. The zero-order chi connectivity index (χ0) is 43.8. The van der Waals surface area contributed by atoms with Crippen molar-refractivity contribution in [3.05, 3.63) is 130 Å². The molecule has 8 fully saturated rings. The molecule has 3 saturated heterocycles. The zero-order valence-corrected chi connectivity index (χ0v) is 39.4. The summed E-state index contributed by atoms with van der Waals surface area (Å²) in [5, 5.41) is 15.9. The van der Waals surface area contributed by atoms with E-state index in [1.165, 1.54) is 110 Å². The third kappa shape index (κ3) is 5.04. The number of likely N-dealkylation sites (N-methyl/N-ethyl adjacent to an activating group) is 1. The molecule has 10 aliphatic rings. The normalized spacial score (nSPS) is 41.7. The molecule has 3 aliphatic heterocycles. The molecule has 338 valence electrons. The Morgan fingerprint density at radius 2 is 1.52 bits per heavy atom. The number of phenols is 1. The fraction of sp³-hybridized carbons (Fsp3) is 0.586. The van der Waals surface area contributed by atoms with Gasteiger partial charge in [0.2, 0.25) is 5.95 Å². The zero-order valence-electron chi connectivity index (χ0n) is 39.4. The van der Waals surface area contributed by atoms with Crippen LogP contribution in [-0.4, -0.2) is 75.7 Å². The van der Waals surface area contributed by atoms with E-state index in [0.717, 1.165) is 44.2 Å². The maximum absolute atomic E-state index is 11.7. The number of benzene rings is 3. The van der Waals surface area contributed by atoms with Crippen LogP contribution in [0.15, 0.2) is 85.1 Å². The molecule has 2 N–H and O–H groups in total. The summed E-state index contributed by atoms with van der Waals surface area (Å²) in [4.78, 5) is 19.2. The molecule has 4 heterocycles. The molecule has 14 rings (SSSR count). The number of piperidine rings is 2. The molecule has 0 radical (unpaired) electrons. The highest BCUT2D eigenvalue weighted by atomic mass is 16.3. The molecule has 7 heteroatoms. The Hall–Kier alpha value is -4.04. The molecule has 7 nitrogen and oxygen atoms in total. The second-order valence-corrected chi connectivity index (χ2v) is 23.8. The van der Waals surface area contributed by atoms with Crippen LogP contribution >= 0.6 is 0 Å². The topological polar surface area (TPSA) is 67.8 Å². The van der Waals surface area contributed by atoms with Crippen molar-refractivity contribution in [3.63, 3.8) is 0 Å². The van der Waals surface area contributed by atoms with E-state index in [4.69, 9.17) is 16.5 Å². The number of anilines is 1. The number of aryl methyl sites for hydroxylation is 2. The lowest BCUT2D eigenvalue weighted by atomic mass is 9.35. The van der Waals surface area contributed by atoms with Crippen molar-refractivity contribution in [3.8, 4) is 5.75 Å². The molecule has 0 spiro atoms. The standard InChI is InChI=1S/C58H70N6O/c1-34-26-45-46(59-32-38-12-7-6-8-13-38)18-20-55(30-34)50-28-39-14-9-10-16-44(39)57(45,55)23-25-63(50)33-41-27-42(41)51-35(2)60-54(61-36(51)3)64-37(4)43-31-56-21-19-47(64)53(43)58(56)22-24-62(5)49(56)29-40-15-11-17-48(65)52(40)58/h6-17,34,41-43,45-47,49-50,53,59,65H,4,18-33H2,1-3,5H3/t34-,41?,42?,43-,45?,46?,47?,49-,50?,53?,55?,56?,57?,58?/m1/s1. The van der Waals surface area contributed by atoms with E-state index in [0.29, 0.717) is 64.9 Å². The Morgan fingerprint density at radius 1 is 0.785 bits per heavy atom. The summed E-state index contributed by atoms with van der Waals surface area (Å²) in [6.07, 6.45) is 14.8. The molecule has 5 saturated carbocycles. The second kappa shape index (κ2) is 13.8. The quantitative estimate of drug-likeness (QED) is 0.192. The van der Waals surface area contributed by atoms with E-state index in [1.807, 2.05) is 6.07 Å². The van der Waals surface area contributed by atoms with Gasteiger partial charge in [-0.15, -0.1) is 0 Å². The van der Waals surface area contributed by atoms with Crippen LogP contribution in [0.4, 0.5) is 5.95 Å². The molecule has 7 aliphatic carbocycles. The van der Waals surface area contributed by atoms with Crippen LogP contribution in [0.1, 0.15) is 122 Å². The van der Waals surface area contributed by atoms with Gasteiger partial charge in [0.15, 0.2) is 0 Å². The Balaban J connectivity index is 0.740. The summed E-state index contributed by atoms with van der Waals surface area (Å²) in [5.41, 5.74) is 13.2. The van der Waals surface area contributed by atoms with Gasteiger partial charge in [0.25, 0.3) is 0 Å². The molecule has 8 bridgehead atoms. The summed E-state index contributed by atoms with van der Waals surface area (Å²) < 4.78 is 0. The van der Waals surface area contributed by atoms with E-state index in [-0.39, 0.29) is 16.2 Å². The lowest BCUT2D eigenvalue weighted by Crippen LogP contribution is -2.75. The molecule has 3 aromatic carbocycles. The highest BCUT2D eigenvalue weighted by molar-refractivity contribution is 5.60. The van der Waals surface area contributed by atoms with Crippen molar-refractivity contribution in [2.24, 2.45) is 40.4 Å². The van der Waals surface area contributed by atoms with Gasteiger partial charge in [0.05, 0.1) is 0 Å². The molecular weight excluding hydrogens is 797 g/mol. The highest BCUT2D eigenvalue weighted by Gasteiger charge is 2.77. The van der Waals surface area contributed by atoms with Crippen LogP contribution in [0.2, 0.25) is 0 Å². The van der Waals surface area contributed by atoms with Crippen LogP contribution in [0.3, 0.4) is 0 Å². The van der Waals surface area contributed by atoms with Crippen LogP contribution < -0.4 is 10.2 Å². The summed E-state index contributed by atoms with van der Waals surface area (Å²) in [6, 6.07) is 29.2.